The number of carbonyl (C=O) groups excluding carboxylic acids is 2. The highest BCUT2D eigenvalue weighted by Gasteiger charge is 2.26. The topological polar surface area (TPSA) is 43.4 Å². The Balaban J connectivity index is 4.56. The van der Waals surface area contributed by atoms with Crippen molar-refractivity contribution in [2.45, 2.75) is 80.3 Å². The van der Waals surface area contributed by atoms with E-state index in [9.17, 15) is 9.59 Å². The van der Waals surface area contributed by atoms with E-state index in [4.69, 9.17) is 4.74 Å². The van der Waals surface area contributed by atoms with Gasteiger partial charge in [-0.25, -0.2) is 0 Å². The van der Waals surface area contributed by atoms with Crippen LogP contribution in [0.5, 0.6) is 0 Å². The molecule has 21 heavy (non-hydrogen) atoms. The van der Waals surface area contributed by atoms with E-state index in [1.54, 1.807) is 0 Å². The normalized spacial score (nSPS) is 14.3. The summed E-state index contributed by atoms with van der Waals surface area (Å²) < 4.78 is 5.53. The van der Waals surface area contributed by atoms with Gasteiger partial charge in [-0.05, 0) is 39.0 Å². The molecule has 0 aromatic heterocycles. The molecule has 0 rings (SSSR count). The maximum Gasteiger partial charge on any atom is 0.158 e. The van der Waals surface area contributed by atoms with E-state index in [1.165, 1.54) is 0 Å². The van der Waals surface area contributed by atoms with Crippen LogP contribution >= 0.6 is 0 Å². The van der Waals surface area contributed by atoms with E-state index < -0.39 is 0 Å². The van der Waals surface area contributed by atoms with Crippen LogP contribution in [-0.4, -0.2) is 23.8 Å². The summed E-state index contributed by atoms with van der Waals surface area (Å²) in [5.41, 5.74) is -0.634. The average Bonchev–Trinajstić information content (AvgIpc) is 2.23. The van der Waals surface area contributed by atoms with Crippen LogP contribution in [0, 0.1) is 17.3 Å². The molecule has 0 saturated carbocycles. The van der Waals surface area contributed by atoms with Crippen molar-refractivity contribution in [3.8, 4) is 0 Å². The van der Waals surface area contributed by atoms with Crippen LogP contribution in [0.3, 0.4) is 0 Å². The van der Waals surface area contributed by atoms with Crippen LogP contribution in [0.25, 0.3) is 0 Å². The van der Waals surface area contributed by atoms with E-state index >= 15 is 0 Å². The molecule has 0 amide bonds. The summed E-state index contributed by atoms with van der Waals surface area (Å²) in [7, 11) is 0. The largest absolute Gasteiger partial charge is 0.368 e. The number of Topliss-reactive ketones (excluding diaryl/α,β-unsaturated/α-hetero) is 2. The van der Waals surface area contributed by atoms with Gasteiger partial charge in [0.05, 0.1) is 5.60 Å². The van der Waals surface area contributed by atoms with Gasteiger partial charge in [-0.15, -0.1) is 0 Å². The molecule has 0 spiro atoms. The first-order valence-electron chi connectivity index (χ1n) is 8.00. The molecule has 3 nitrogen and oxygen atoms in total. The third-order valence-electron chi connectivity index (χ3n) is 3.30. The molecule has 0 saturated heterocycles. The summed E-state index contributed by atoms with van der Waals surface area (Å²) in [4.78, 5) is 24.3. The minimum absolute atomic E-state index is 0.0947. The standard InChI is InChI=1S/C18H34O3/c1-13(2)9-14(11-16(20)17(3,4)5)10-15(19)12-21-18(6,7)8/h13-14H,9-12H2,1-8H3/t14-/m0/s1. The van der Waals surface area contributed by atoms with Gasteiger partial charge in [-0.3, -0.25) is 9.59 Å². The van der Waals surface area contributed by atoms with Crippen LogP contribution in [-0.2, 0) is 14.3 Å². The Bertz CT molecular complexity index is 342. The van der Waals surface area contributed by atoms with Crippen molar-refractivity contribution >= 4 is 11.6 Å². The number of carbonyl (C=O) groups is 2. The Labute approximate surface area is 130 Å². The number of ether oxygens (including phenoxy) is 1. The fourth-order valence-corrected chi connectivity index (χ4v) is 2.15. The molecule has 0 heterocycles. The molecule has 124 valence electrons. The summed E-state index contributed by atoms with van der Waals surface area (Å²) in [6, 6.07) is 0. The quantitative estimate of drug-likeness (QED) is 0.666. The molecule has 0 aromatic rings. The Hall–Kier alpha value is -0.700. The third kappa shape index (κ3) is 10.6. The van der Waals surface area contributed by atoms with E-state index in [1.807, 2.05) is 41.5 Å². The predicted molar refractivity (Wildman–Crippen MR) is 87.4 cm³/mol. The van der Waals surface area contributed by atoms with Crippen LogP contribution in [0.2, 0.25) is 0 Å². The maximum absolute atomic E-state index is 12.2. The zero-order valence-electron chi connectivity index (χ0n) is 15.2. The van der Waals surface area contributed by atoms with Crippen LogP contribution in [0.15, 0.2) is 0 Å². The first kappa shape index (κ1) is 20.3. The highest BCUT2D eigenvalue weighted by molar-refractivity contribution is 5.85. The molecule has 1 atom stereocenters. The molecule has 0 aromatic carbocycles. The highest BCUT2D eigenvalue weighted by atomic mass is 16.5. The molecule has 0 fully saturated rings. The first-order valence-corrected chi connectivity index (χ1v) is 8.00. The van der Waals surface area contributed by atoms with E-state index in [-0.39, 0.29) is 35.1 Å². The summed E-state index contributed by atoms with van der Waals surface area (Å²) in [6.45, 7) is 16.0. The Morgan fingerprint density at radius 2 is 1.48 bits per heavy atom. The molecule has 0 bridgehead atoms. The molecule has 0 radical (unpaired) electrons. The Morgan fingerprint density at radius 1 is 0.952 bits per heavy atom. The lowest BCUT2D eigenvalue weighted by atomic mass is 9.81. The van der Waals surface area contributed by atoms with Gasteiger partial charge in [0.1, 0.15) is 12.4 Å². The second kappa shape index (κ2) is 8.07. The van der Waals surface area contributed by atoms with E-state index in [0.717, 1.165) is 6.42 Å². The van der Waals surface area contributed by atoms with Crippen molar-refractivity contribution in [1.82, 2.24) is 0 Å². The van der Waals surface area contributed by atoms with Crippen molar-refractivity contribution in [3.63, 3.8) is 0 Å². The van der Waals surface area contributed by atoms with E-state index in [0.29, 0.717) is 18.8 Å². The minimum Gasteiger partial charge on any atom is -0.368 e. The van der Waals surface area contributed by atoms with Gasteiger partial charge in [0, 0.05) is 18.3 Å². The van der Waals surface area contributed by atoms with Gasteiger partial charge >= 0.3 is 0 Å². The minimum atomic E-state index is -0.333. The lowest BCUT2D eigenvalue weighted by molar-refractivity contribution is -0.131. The summed E-state index contributed by atoms with van der Waals surface area (Å²) in [5, 5.41) is 0. The summed E-state index contributed by atoms with van der Waals surface area (Å²) in [6.07, 6.45) is 1.84. The number of rotatable bonds is 8. The Kier molecular flexibility index (Phi) is 7.80. The van der Waals surface area contributed by atoms with Gasteiger partial charge in [0.2, 0.25) is 0 Å². The first-order chi connectivity index (χ1) is 9.31. The van der Waals surface area contributed by atoms with E-state index in [2.05, 4.69) is 13.8 Å². The van der Waals surface area contributed by atoms with Gasteiger partial charge < -0.3 is 4.74 Å². The molecular formula is C18H34O3. The van der Waals surface area contributed by atoms with Crippen LogP contribution < -0.4 is 0 Å². The fourth-order valence-electron chi connectivity index (χ4n) is 2.15. The van der Waals surface area contributed by atoms with Gasteiger partial charge in [-0.1, -0.05) is 34.6 Å². The molecular weight excluding hydrogens is 264 g/mol. The van der Waals surface area contributed by atoms with Crippen LogP contribution in [0.1, 0.15) is 74.7 Å². The summed E-state index contributed by atoms with van der Waals surface area (Å²) in [5.74, 6) is 0.946. The molecule has 3 heteroatoms. The maximum atomic E-state index is 12.2. The van der Waals surface area contributed by atoms with Crippen molar-refractivity contribution < 1.29 is 14.3 Å². The second-order valence-electron chi connectivity index (χ2n) is 8.52. The van der Waals surface area contributed by atoms with Gasteiger partial charge in [0.25, 0.3) is 0 Å². The molecule has 0 N–H and O–H groups in total. The molecule has 0 aliphatic heterocycles. The number of ketones is 2. The lowest BCUT2D eigenvalue weighted by Crippen LogP contribution is -2.27. The zero-order chi connectivity index (χ0) is 16.8. The van der Waals surface area contributed by atoms with Crippen LogP contribution in [0.4, 0.5) is 0 Å². The SMILES string of the molecule is CC(C)C[C@@H](CC(=O)COC(C)(C)C)CC(=O)C(C)(C)C. The van der Waals surface area contributed by atoms with Crippen molar-refractivity contribution in [3.05, 3.63) is 0 Å². The third-order valence-corrected chi connectivity index (χ3v) is 3.30. The van der Waals surface area contributed by atoms with Gasteiger partial charge in [-0.2, -0.15) is 0 Å². The van der Waals surface area contributed by atoms with Crippen molar-refractivity contribution in [2.75, 3.05) is 6.61 Å². The van der Waals surface area contributed by atoms with Crippen molar-refractivity contribution in [2.24, 2.45) is 17.3 Å². The van der Waals surface area contributed by atoms with Gasteiger partial charge in [0.15, 0.2) is 5.78 Å². The predicted octanol–water partition coefficient (Wildman–Crippen LogP) is 4.43. The molecule has 0 aliphatic carbocycles. The zero-order valence-corrected chi connectivity index (χ0v) is 15.2. The van der Waals surface area contributed by atoms with Crippen molar-refractivity contribution in [1.29, 1.82) is 0 Å². The summed E-state index contributed by atoms with van der Waals surface area (Å²) >= 11 is 0. The lowest BCUT2D eigenvalue weighted by Gasteiger charge is -2.24. The second-order valence-corrected chi connectivity index (χ2v) is 8.52. The number of hydrogen-bond acceptors (Lipinski definition) is 3. The fraction of sp³-hybridized carbons (Fsp3) is 0.889. The molecule has 0 aliphatic rings. The monoisotopic (exact) mass is 298 g/mol. The number of hydrogen-bond donors (Lipinski definition) is 0. The molecule has 0 unspecified atom stereocenters. The highest BCUT2D eigenvalue weighted by Crippen LogP contribution is 2.26. The Morgan fingerprint density at radius 3 is 1.86 bits per heavy atom. The smallest absolute Gasteiger partial charge is 0.158 e. The average molecular weight is 298 g/mol.